The van der Waals surface area contributed by atoms with Gasteiger partial charge in [-0.25, -0.2) is 0 Å². The van der Waals surface area contributed by atoms with Gasteiger partial charge in [0, 0.05) is 18.1 Å². The number of hydrogen-bond acceptors (Lipinski definition) is 7. The Kier molecular flexibility index (Phi) is 4.37. The van der Waals surface area contributed by atoms with Gasteiger partial charge in [-0.15, -0.1) is 0 Å². The fourth-order valence-corrected chi connectivity index (χ4v) is 4.04. The van der Waals surface area contributed by atoms with Crippen LogP contribution in [0.4, 0.5) is 5.69 Å². The number of hydrogen-bond donors (Lipinski definition) is 4. The maximum Gasteiger partial charge on any atom is 0.295 e. The quantitative estimate of drug-likeness (QED) is 0.535. The van der Waals surface area contributed by atoms with Crippen LogP contribution in [0.15, 0.2) is 39.0 Å². The topological polar surface area (TPSA) is 175 Å². The van der Waals surface area contributed by atoms with Crippen molar-refractivity contribution in [2.45, 2.75) is 14.7 Å². The third-order valence-corrected chi connectivity index (χ3v) is 5.64. The lowest BCUT2D eigenvalue weighted by atomic mass is 10.1. The van der Waals surface area contributed by atoms with Crippen molar-refractivity contribution in [3.8, 4) is 0 Å². The van der Waals surface area contributed by atoms with Crippen LogP contribution in [0.3, 0.4) is 0 Å². The molecule has 0 aromatic heterocycles. The molecule has 13 heteroatoms. The molecule has 0 aliphatic carbocycles. The van der Waals surface area contributed by atoms with Gasteiger partial charge < -0.3 is 5.32 Å². The minimum absolute atomic E-state index is 0.116. The molecule has 0 aliphatic heterocycles. The molecule has 0 aliphatic rings. The summed E-state index contributed by atoms with van der Waals surface area (Å²) in [6.45, 7) is 0. The van der Waals surface area contributed by atoms with Crippen LogP contribution in [-0.4, -0.2) is 46.0 Å². The molecule has 0 heterocycles. The Hall–Kier alpha value is -1.77. The van der Waals surface area contributed by atoms with Crippen LogP contribution in [0, 0.1) is 0 Å². The summed E-state index contributed by atoms with van der Waals surface area (Å²) in [5.74, 6) is 0. The molecule has 132 valence electrons. The maximum absolute atomic E-state index is 11.6. The Balaban J connectivity index is 3.15. The van der Waals surface area contributed by atoms with E-state index < -0.39 is 45.0 Å². The number of nitrogens with one attached hydrogen (secondary N) is 1. The third kappa shape index (κ3) is 3.50. The molecule has 2 aromatic rings. The van der Waals surface area contributed by atoms with E-state index in [4.69, 9.17) is 9.11 Å². The van der Waals surface area contributed by atoms with Crippen molar-refractivity contribution in [1.29, 1.82) is 0 Å². The molecule has 4 N–H and O–H groups in total. The summed E-state index contributed by atoms with van der Waals surface area (Å²) in [4.78, 5) is -2.39. The molecule has 0 amide bonds. The summed E-state index contributed by atoms with van der Waals surface area (Å²) in [5, 5.41) is 2.00. The van der Waals surface area contributed by atoms with Gasteiger partial charge in [0.25, 0.3) is 30.4 Å². The van der Waals surface area contributed by atoms with E-state index in [0.717, 1.165) is 18.2 Å². The van der Waals surface area contributed by atoms with E-state index in [1.165, 1.54) is 7.05 Å². The van der Waals surface area contributed by atoms with E-state index in [-0.39, 0.29) is 16.5 Å². The summed E-state index contributed by atoms with van der Waals surface area (Å²) in [6, 6.07) is 3.03. The lowest BCUT2D eigenvalue weighted by Crippen LogP contribution is -2.07. The lowest BCUT2D eigenvalue weighted by molar-refractivity contribution is 0.480. The first kappa shape index (κ1) is 18.6. The Morgan fingerprint density at radius 3 is 1.58 bits per heavy atom. The zero-order valence-electron chi connectivity index (χ0n) is 11.8. The number of rotatable bonds is 4. The first-order valence-electron chi connectivity index (χ1n) is 5.97. The smallest absolute Gasteiger partial charge is 0.295 e. The normalized spacial score (nSPS) is 13.2. The summed E-state index contributed by atoms with van der Waals surface area (Å²) in [6.07, 6.45) is 0. The monoisotopic (exact) mass is 397 g/mol. The summed E-state index contributed by atoms with van der Waals surface area (Å²) >= 11 is 0. The fraction of sp³-hybridized carbons (Fsp3) is 0.0909. The van der Waals surface area contributed by atoms with Gasteiger partial charge in [-0.2, -0.15) is 25.3 Å². The van der Waals surface area contributed by atoms with Crippen LogP contribution in [-0.2, 0) is 30.4 Å². The zero-order chi connectivity index (χ0) is 18.5. The molecule has 0 spiro atoms. The first-order chi connectivity index (χ1) is 10.7. The fourth-order valence-electron chi connectivity index (χ4n) is 2.12. The van der Waals surface area contributed by atoms with Gasteiger partial charge >= 0.3 is 0 Å². The summed E-state index contributed by atoms with van der Waals surface area (Å²) in [7, 11) is -13.1. The van der Waals surface area contributed by atoms with E-state index in [2.05, 4.69) is 5.32 Å². The van der Waals surface area contributed by atoms with Crippen LogP contribution in [0.1, 0.15) is 0 Å². The van der Waals surface area contributed by atoms with E-state index in [9.17, 15) is 29.8 Å². The van der Waals surface area contributed by atoms with Crippen LogP contribution < -0.4 is 5.32 Å². The Morgan fingerprint density at radius 2 is 1.21 bits per heavy atom. The predicted molar refractivity (Wildman–Crippen MR) is 82.9 cm³/mol. The highest BCUT2D eigenvalue weighted by Gasteiger charge is 2.24. The van der Waals surface area contributed by atoms with E-state index in [0.29, 0.717) is 6.07 Å². The first-order valence-corrected chi connectivity index (χ1v) is 10.3. The number of benzene rings is 2. The molecule has 0 fully saturated rings. The highest BCUT2D eigenvalue weighted by Crippen LogP contribution is 2.35. The van der Waals surface area contributed by atoms with Crippen molar-refractivity contribution in [3.63, 3.8) is 0 Å². The van der Waals surface area contributed by atoms with Gasteiger partial charge in [-0.05, 0) is 29.7 Å². The van der Waals surface area contributed by atoms with Gasteiger partial charge in [0.1, 0.15) is 4.90 Å². The minimum Gasteiger partial charge on any atom is -0.388 e. The zero-order valence-corrected chi connectivity index (χ0v) is 14.3. The molecular weight excluding hydrogens is 386 g/mol. The van der Waals surface area contributed by atoms with E-state index in [1.54, 1.807) is 0 Å². The molecule has 0 unspecified atom stereocenters. The molecule has 24 heavy (non-hydrogen) atoms. The van der Waals surface area contributed by atoms with Crippen molar-refractivity contribution < 1.29 is 38.9 Å². The van der Waals surface area contributed by atoms with Gasteiger partial charge in [-0.1, -0.05) is 0 Å². The van der Waals surface area contributed by atoms with Crippen molar-refractivity contribution in [1.82, 2.24) is 0 Å². The van der Waals surface area contributed by atoms with Gasteiger partial charge in [0.15, 0.2) is 0 Å². The molecule has 0 radical (unpaired) electrons. The molecular formula is C11H11NO9S3. The SMILES string of the molecule is CNc1cc(S(=O)(=O)O)cc2cc(S(=O)(=O)O)cc(S(=O)(=O)O)c12. The molecule has 0 saturated heterocycles. The Bertz CT molecular complexity index is 1140. The largest absolute Gasteiger partial charge is 0.388 e. The van der Waals surface area contributed by atoms with Crippen molar-refractivity contribution in [2.75, 3.05) is 12.4 Å². The molecule has 2 rings (SSSR count). The minimum atomic E-state index is -4.92. The highest BCUT2D eigenvalue weighted by molar-refractivity contribution is 7.87. The average molecular weight is 397 g/mol. The van der Waals surface area contributed by atoms with Crippen molar-refractivity contribution in [2.24, 2.45) is 0 Å². The van der Waals surface area contributed by atoms with Gasteiger partial charge in [-0.3, -0.25) is 13.7 Å². The number of fused-ring (bicyclic) bond motifs is 1. The highest BCUT2D eigenvalue weighted by atomic mass is 32.2. The molecule has 0 atom stereocenters. The predicted octanol–water partition coefficient (Wildman–Crippen LogP) is 0.622. The second-order valence-electron chi connectivity index (χ2n) is 4.67. The summed E-state index contributed by atoms with van der Waals surface area (Å²) in [5.41, 5.74) is -0.116. The van der Waals surface area contributed by atoms with Gasteiger partial charge in [0.05, 0.1) is 9.79 Å². The maximum atomic E-state index is 11.6. The second-order valence-corrected chi connectivity index (χ2v) is 8.90. The Morgan fingerprint density at radius 1 is 0.750 bits per heavy atom. The third-order valence-electron chi connectivity index (χ3n) is 3.10. The summed E-state index contributed by atoms with van der Waals surface area (Å²) < 4.78 is 95.9. The van der Waals surface area contributed by atoms with E-state index in [1.807, 2.05) is 0 Å². The van der Waals surface area contributed by atoms with Crippen LogP contribution in [0.2, 0.25) is 0 Å². The molecule has 0 saturated carbocycles. The number of anilines is 1. The van der Waals surface area contributed by atoms with E-state index >= 15 is 0 Å². The van der Waals surface area contributed by atoms with Crippen LogP contribution in [0.25, 0.3) is 10.8 Å². The van der Waals surface area contributed by atoms with Gasteiger partial charge in [0.2, 0.25) is 0 Å². The van der Waals surface area contributed by atoms with Crippen LogP contribution >= 0.6 is 0 Å². The molecule has 10 nitrogen and oxygen atoms in total. The van der Waals surface area contributed by atoms with Crippen molar-refractivity contribution >= 4 is 46.8 Å². The molecule has 2 aromatic carbocycles. The average Bonchev–Trinajstić information content (AvgIpc) is 2.41. The van der Waals surface area contributed by atoms with Crippen LogP contribution in [0.5, 0.6) is 0 Å². The second kappa shape index (κ2) is 5.65. The Labute approximate surface area is 137 Å². The molecule has 0 bridgehead atoms. The van der Waals surface area contributed by atoms with Crippen molar-refractivity contribution in [3.05, 3.63) is 24.3 Å². The lowest BCUT2D eigenvalue weighted by Gasteiger charge is -2.13. The standard InChI is InChI=1S/C11H11NO9S3/c1-12-9-4-7(22(13,14)15)2-6-3-8(23(16,17)18)5-10(11(6)9)24(19,20)21/h2-5,12H,1H3,(H,13,14,15)(H,16,17,18)(H,19,20,21).